The molecule has 4 rings (SSSR count). The maximum atomic E-state index is 12.6. The zero-order valence-electron chi connectivity index (χ0n) is 16.6. The molecule has 0 bridgehead atoms. The highest BCUT2D eigenvalue weighted by Gasteiger charge is 2.15. The lowest BCUT2D eigenvalue weighted by molar-refractivity contribution is 0.211. The first-order valence-electron chi connectivity index (χ1n) is 9.43. The predicted molar refractivity (Wildman–Crippen MR) is 117 cm³/mol. The van der Waals surface area contributed by atoms with E-state index in [1.165, 1.54) is 12.1 Å². The number of nitrogens with one attached hydrogen (secondary N) is 2. The van der Waals surface area contributed by atoms with Gasteiger partial charge in [-0.1, -0.05) is 24.3 Å². The Morgan fingerprint density at radius 1 is 1.10 bits per heavy atom. The molecule has 8 nitrogen and oxygen atoms in total. The van der Waals surface area contributed by atoms with Crippen LogP contribution >= 0.6 is 0 Å². The quantitative estimate of drug-likeness (QED) is 0.426. The van der Waals surface area contributed by atoms with Crippen molar-refractivity contribution in [3.8, 4) is 17.1 Å². The molecule has 0 spiro atoms. The minimum absolute atomic E-state index is 0.165. The molecule has 1 amide bonds. The molecule has 3 aromatic carbocycles. The number of ether oxygens (including phenoxy) is 1. The summed E-state index contributed by atoms with van der Waals surface area (Å²) >= 11 is 0. The lowest BCUT2D eigenvalue weighted by Crippen LogP contribution is -2.23. The number of sulfonamides is 1. The van der Waals surface area contributed by atoms with Gasteiger partial charge in [0.15, 0.2) is 0 Å². The van der Waals surface area contributed by atoms with Gasteiger partial charge in [0.25, 0.3) is 0 Å². The number of rotatable bonds is 6. The van der Waals surface area contributed by atoms with Crippen LogP contribution in [0, 0.1) is 6.92 Å². The number of nitrogens with two attached hydrogens (primary N) is 1. The maximum Gasteiger partial charge on any atom is 0.409 e. The Morgan fingerprint density at radius 3 is 2.55 bits per heavy atom. The normalized spacial score (nSPS) is 11.5. The fourth-order valence-electron chi connectivity index (χ4n) is 3.16. The second-order valence-corrected chi connectivity index (χ2v) is 8.73. The molecule has 158 valence electrons. The van der Waals surface area contributed by atoms with Gasteiger partial charge in [-0.05, 0) is 54.4 Å². The molecular weight excluding hydrogens is 416 g/mol. The first-order chi connectivity index (χ1) is 14.8. The number of hydrogen-bond donors (Lipinski definition) is 3. The Hall–Kier alpha value is -3.69. The highest BCUT2D eigenvalue weighted by Crippen LogP contribution is 2.25. The van der Waals surface area contributed by atoms with Gasteiger partial charge >= 0.3 is 6.09 Å². The van der Waals surface area contributed by atoms with E-state index in [1.54, 1.807) is 30.3 Å². The van der Waals surface area contributed by atoms with Crippen LogP contribution in [0.3, 0.4) is 0 Å². The largest absolute Gasteiger partial charge is 0.410 e. The number of imidazole rings is 1. The number of carbonyl (C=O) groups is 1. The van der Waals surface area contributed by atoms with Crippen LogP contribution in [0.25, 0.3) is 22.4 Å². The predicted octanol–water partition coefficient (Wildman–Crippen LogP) is 3.47. The van der Waals surface area contributed by atoms with E-state index >= 15 is 0 Å². The highest BCUT2D eigenvalue weighted by molar-refractivity contribution is 7.89. The van der Waals surface area contributed by atoms with Crippen molar-refractivity contribution in [2.45, 2.75) is 18.4 Å². The van der Waals surface area contributed by atoms with E-state index in [1.807, 2.05) is 31.2 Å². The number of primary amides is 1. The minimum Gasteiger partial charge on any atom is -0.410 e. The number of fused-ring (bicyclic) bond motifs is 1. The third-order valence-corrected chi connectivity index (χ3v) is 6.24. The standard InChI is InChI=1S/C22H20N4O4S/c1-14-4-2-3-5-16(14)13-24-31(28,29)18-9-6-15(7-10-18)21-25-19-11-8-17(30-22(23)27)12-20(19)26-21/h2-12,24H,13H2,1H3,(H2,23,27)(H,25,26). The summed E-state index contributed by atoms with van der Waals surface area (Å²) in [4.78, 5) is 18.7. The molecule has 0 saturated heterocycles. The summed E-state index contributed by atoms with van der Waals surface area (Å²) in [7, 11) is -3.66. The van der Waals surface area contributed by atoms with Gasteiger partial charge in [-0.15, -0.1) is 0 Å². The summed E-state index contributed by atoms with van der Waals surface area (Å²) in [5.74, 6) is 0.861. The zero-order valence-corrected chi connectivity index (χ0v) is 17.4. The summed E-state index contributed by atoms with van der Waals surface area (Å²) in [6.07, 6.45) is -0.896. The molecular formula is C22H20N4O4S. The Balaban J connectivity index is 1.53. The number of carbonyl (C=O) groups excluding carboxylic acids is 1. The summed E-state index contributed by atoms with van der Waals surface area (Å²) < 4.78 is 32.8. The molecule has 0 radical (unpaired) electrons. The van der Waals surface area contributed by atoms with Gasteiger partial charge in [-0.25, -0.2) is 22.9 Å². The van der Waals surface area contributed by atoms with Crippen LogP contribution in [0.4, 0.5) is 4.79 Å². The van der Waals surface area contributed by atoms with Crippen molar-refractivity contribution in [2.24, 2.45) is 5.73 Å². The smallest absolute Gasteiger partial charge is 0.409 e. The van der Waals surface area contributed by atoms with Crippen molar-refractivity contribution in [1.29, 1.82) is 0 Å². The van der Waals surface area contributed by atoms with Gasteiger partial charge in [0, 0.05) is 18.2 Å². The first kappa shape index (κ1) is 20.6. The van der Waals surface area contributed by atoms with Crippen LogP contribution in [-0.4, -0.2) is 24.5 Å². The molecule has 4 N–H and O–H groups in total. The van der Waals surface area contributed by atoms with E-state index in [4.69, 9.17) is 10.5 Å². The van der Waals surface area contributed by atoms with Crippen LogP contribution < -0.4 is 15.2 Å². The van der Waals surface area contributed by atoms with Gasteiger partial charge in [-0.3, -0.25) is 0 Å². The highest BCUT2D eigenvalue weighted by atomic mass is 32.2. The summed E-state index contributed by atoms with van der Waals surface area (Å²) in [6, 6.07) is 18.9. The minimum atomic E-state index is -3.66. The van der Waals surface area contributed by atoms with E-state index < -0.39 is 16.1 Å². The first-order valence-corrected chi connectivity index (χ1v) is 10.9. The molecule has 0 aliphatic rings. The lowest BCUT2D eigenvalue weighted by atomic mass is 10.1. The topological polar surface area (TPSA) is 127 Å². The van der Waals surface area contributed by atoms with E-state index in [2.05, 4.69) is 14.7 Å². The summed E-state index contributed by atoms with van der Waals surface area (Å²) in [6.45, 7) is 2.16. The van der Waals surface area contributed by atoms with Crippen LogP contribution in [-0.2, 0) is 16.6 Å². The molecule has 4 aromatic rings. The molecule has 31 heavy (non-hydrogen) atoms. The molecule has 0 aliphatic carbocycles. The summed E-state index contributed by atoms with van der Waals surface area (Å²) in [5, 5.41) is 0. The number of nitrogens with zero attached hydrogens (tertiary/aromatic N) is 1. The lowest BCUT2D eigenvalue weighted by Gasteiger charge is -2.09. The molecule has 9 heteroatoms. The Morgan fingerprint density at radius 2 is 1.84 bits per heavy atom. The molecule has 0 atom stereocenters. The number of aryl methyl sites for hydroxylation is 1. The van der Waals surface area contributed by atoms with Crippen molar-refractivity contribution in [2.75, 3.05) is 0 Å². The second-order valence-electron chi connectivity index (χ2n) is 6.96. The van der Waals surface area contributed by atoms with Crippen LogP contribution in [0.15, 0.2) is 71.6 Å². The van der Waals surface area contributed by atoms with E-state index in [-0.39, 0.29) is 11.4 Å². The number of benzene rings is 3. The SMILES string of the molecule is Cc1ccccc1CNS(=O)(=O)c1ccc(-c2nc3ccc(OC(N)=O)cc3[nH]2)cc1. The van der Waals surface area contributed by atoms with E-state index in [9.17, 15) is 13.2 Å². The van der Waals surface area contributed by atoms with Gasteiger partial charge in [0.2, 0.25) is 10.0 Å². The molecule has 0 fully saturated rings. The average molecular weight is 436 g/mol. The Bertz CT molecular complexity index is 1360. The van der Waals surface area contributed by atoms with Gasteiger partial charge in [0.05, 0.1) is 15.9 Å². The van der Waals surface area contributed by atoms with Crippen LogP contribution in [0.5, 0.6) is 5.75 Å². The molecule has 0 aliphatic heterocycles. The number of aromatic amines is 1. The zero-order chi connectivity index (χ0) is 22.0. The third kappa shape index (κ3) is 4.57. The van der Waals surface area contributed by atoms with Gasteiger partial charge in [-0.2, -0.15) is 0 Å². The Labute approximate surface area is 179 Å². The van der Waals surface area contributed by atoms with Crippen LogP contribution in [0.1, 0.15) is 11.1 Å². The molecule has 0 unspecified atom stereocenters. The van der Waals surface area contributed by atoms with Crippen molar-refractivity contribution in [3.05, 3.63) is 77.9 Å². The van der Waals surface area contributed by atoms with Gasteiger partial charge in [0.1, 0.15) is 11.6 Å². The number of hydrogen-bond acceptors (Lipinski definition) is 5. The van der Waals surface area contributed by atoms with Gasteiger partial charge < -0.3 is 15.5 Å². The van der Waals surface area contributed by atoms with E-state index in [0.29, 0.717) is 28.2 Å². The summed E-state index contributed by atoms with van der Waals surface area (Å²) in [5.41, 5.74) is 9.02. The maximum absolute atomic E-state index is 12.6. The molecule has 1 heterocycles. The molecule has 0 saturated carbocycles. The van der Waals surface area contributed by atoms with Crippen molar-refractivity contribution < 1.29 is 17.9 Å². The fraction of sp³-hybridized carbons (Fsp3) is 0.0909. The number of aromatic nitrogens is 2. The van der Waals surface area contributed by atoms with Crippen molar-refractivity contribution in [3.63, 3.8) is 0 Å². The van der Waals surface area contributed by atoms with Crippen LogP contribution in [0.2, 0.25) is 0 Å². The number of amides is 1. The fourth-order valence-corrected chi connectivity index (χ4v) is 4.17. The Kier molecular flexibility index (Phi) is 5.45. The van der Waals surface area contributed by atoms with Crippen molar-refractivity contribution in [1.82, 2.24) is 14.7 Å². The second kappa shape index (κ2) is 8.21. The van der Waals surface area contributed by atoms with E-state index in [0.717, 1.165) is 11.1 Å². The van der Waals surface area contributed by atoms with Crippen molar-refractivity contribution >= 4 is 27.1 Å². The monoisotopic (exact) mass is 436 g/mol. The third-order valence-electron chi connectivity index (χ3n) is 4.82. The average Bonchev–Trinajstić information content (AvgIpc) is 3.16. The number of H-pyrrole nitrogens is 1. The molecule has 1 aromatic heterocycles.